The van der Waals surface area contributed by atoms with Crippen LogP contribution in [0.4, 0.5) is 11.4 Å². The van der Waals surface area contributed by atoms with Crippen LogP contribution in [-0.2, 0) is 0 Å². The van der Waals surface area contributed by atoms with Crippen molar-refractivity contribution in [2.75, 3.05) is 18.0 Å². The predicted molar refractivity (Wildman–Crippen MR) is 106 cm³/mol. The van der Waals surface area contributed by atoms with Crippen molar-refractivity contribution in [3.05, 3.63) is 58.7 Å². The number of nitrogens with one attached hydrogen (secondary N) is 1. The van der Waals surface area contributed by atoms with E-state index in [0.29, 0.717) is 29.6 Å². The Labute approximate surface area is 161 Å². The van der Waals surface area contributed by atoms with Crippen LogP contribution in [0.3, 0.4) is 0 Å². The van der Waals surface area contributed by atoms with Crippen LogP contribution in [0.2, 0.25) is 5.02 Å². The molecule has 0 bridgehead atoms. The summed E-state index contributed by atoms with van der Waals surface area (Å²) < 4.78 is 0. The normalized spacial score (nSPS) is 16.1. The minimum Gasteiger partial charge on any atom is -0.401 e. The molecule has 0 aliphatic carbocycles. The molecular weight excluding hydrogens is 364 g/mol. The van der Waals surface area contributed by atoms with Crippen molar-refractivity contribution in [3.63, 3.8) is 0 Å². The zero-order valence-corrected chi connectivity index (χ0v) is 15.5. The van der Waals surface area contributed by atoms with E-state index in [0.717, 1.165) is 28.2 Å². The van der Waals surface area contributed by atoms with Gasteiger partial charge in [-0.3, -0.25) is 0 Å². The molecule has 0 saturated heterocycles. The molecule has 4 rings (SSSR count). The maximum Gasteiger partial charge on any atom is 0.204 e. The predicted octanol–water partition coefficient (Wildman–Crippen LogP) is 2.49. The molecule has 0 fully saturated rings. The number of aromatic amines is 1. The first-order valence-corrected chi connectivity index (χ1v) is 8.82. The monoisotopic (exact) mass is 382 g/mol. The molecule has 1 aliphatic rings. The molecule has 1 aliphatic heterocycles. The van der Waals surface area contributed by atoms with Crippen LogP contribution >= 0.6 is 11.6 Å². The average molecular weight is 383 g/mol. The lowest BCUT2D eigenvalue weighted by atomic mass is 10.0. The quantitative estimate of drug-likeness (QED) is 0.583. The van der Waals surface area contributed by atoms with Gasteiger partial charge in [0.05, 0.1) is 17.9 Å². The second kappa shape index (κ2) is 6.90. The second-order valence-electron chi connectivity index (χ2n) is 6.32. The average Bonchev–Trinajstić information content (AvgIpc) is 3.14. The number of hydrogen-bond donors (Lipinski definition) is 3. The molecule has 27 heavy (non-hydrogen) atoms. The molecule has 8 nitrogen and oxygen atoms in total. The van der Waals surface area contributed by atoms with Gasteiger partial charge in [0.15, 0.2) is 0 Å². The van der Waals surface area contributed by atoms with Gasteiger partial charge in [0.25, 0.3) is 0 Å². The summed E-state index contributed by atoms with van der Waals surface area (Å²) in [7, 11) is 0. The van der Waals surface area contributed by atoms with Gasteiger partial charge >= 0.3 is 0 Å². The van der Waals surface area contributed by atoms with Crippen LogP contribution in [-0.4, -0.2) is 38.7 Å². The zero-order valence-electron chi connectivity index (χ0n) is 14.7. The Morgan fingerprint density at radius 1 is 1.15 bits per heavy atom. The zero-order chi connectivity index (χ0) is 19.0. The number of rotatable bonds is 2. The van der Waals surface area contributed by atoms with Gasteiger partial charge in [0.2, 0.25) is 5.82 Å². The number of nitrogens with two attached hydrogens (primary N) is 2. The number of hydrazine groups is 1. The van der Waals surface area contributed by atoms with Crippen molar-refractivity contribution >= 4 is 28.7 Å². The van der Waals surface area contributed by atoms with Crippen LogP contribution < -0.4 is 16.5 Å². The summed E-state index contributed by atoms with van der Waals surface area (Å²) in [4.78, 5) is 2.19. The molecule has 0 radical (unpaired) electrons. The van der Waals surface area contributed by atoms with Gasteiger partial charge in [0.1, 0.15) is 0 Å². The lowest BCUT2D eigenvalue weighted by Crippen LogP contribution is -2.34. The third-order valence-electron chi connectivity index (χ3n) is 4.51. The van der Waals surface area contributed by atoms with E-state index in [1.807, 2.05) is 49.4 Å². The van der Waals surface area contributed by atoms with Crippen LogP contribution in [0.15, 0.2) is 48.2 Å². The molecule has 0 amide bonds. The van der Waals surface area contributed by atoms with E-state index in [4.69, 9.17) is 23.2 Å². The number of nitrogens with zero attached hydrogens (tertiary/aromatic N) is 5. The number of fused-ring (bicyclic) bond motifs is 1. The van der Waals surface area contributed by atoms with Gasteiger partial charge in [-0.2, -0.15) is 5.21 Å². The molecule has 138 valence electrons. The van der Waals surface area contributed by atoms with Gasteiger partial charge in [-0.25, -0.2) is 5.84 Å². The molecule has 9 heteroatoms. The fraction of sp³-hybridized carbons (Fsp3) is 0.167. The fourth-order valence-corrected chi connectivity index (χ4v) is 3.43. The fourth-order valence-electron chi connectivity index (χ4n) is 3.30. The van der Waals surface area contributed by atoms with E-state index in [1.165, 1.54) is 0 Å². The topological polar surface area (TPSA) is 113 Å². The Bertz CT molecular complexity index is 977. The van der Waals surface area contributed by atoms with Crippen LogP contribution in [0.5, 0.6) is 0 Å². The van der Waals surface area contributed by atoms with E-state index in [-0.39, 0.29) is 0 Å². The molecule has 0 unspecified atom stereocenters. The Kier molecular flexibility index (Phi) is 4.43. The number of allylic oxidation sites excluding steroid dienone is 1. The van der Waals surface area contributed by atoms with E-state index in [2.05, 4.69) is 25.5 Å². The first-order chi connectivity index (χ1) is 13.0. The molecule has 2 heterocycles. The summed E-state index contributed by atoms with van der Waals surface area (Å²) in [6.45, 7) is 3.14. The Morgan fingerprint density at radius 3 is 2.59 bits per heavy atom. The molecular formula is C18H19ClN8. The molecule has 0 saturated carbocycles. The Morgan fingerprint density at radius 2 is 1.93 bits per heavy atom. The SMILES string of the molecule is C/C(N)=C1\c2ccc(-c3nn[nH]n3)cc2N(c2ccc(Cl)cc2)CCN1N. The lowest BCUT2D eigenvalue weighted by molar-refractivity contribution is 0.428. The number of tetrazole rings is 1. The van der Waals surface area contributed by atoms with Gasteiger partial charge in [-0.15, -0.1) is 10.2 Å². The smallest absolute Gasteiger partial charge is 0.204 e. The van der Waals surface area contributed by atoms with Crippen molar-refractivity contribution in [3.8, 4) is 11.4 Å². The summed E-state index contributed by atoms with van der Waals surface area (Å²) in [6, 6.07) is 13.7. The van der Waals surface area contributed by atoms with Gasteiger partial charge in [-0.1, -0.05) is 17.7 Å². The van der Waals surface area contributed by atoms with Crippen LogP contribution in [0.25, 0.3) is 17.1 Å². The number of anilines is 2. The molecule has 3 aromatic rings. The maximum absolute atomic E-state index is 6.30. The van der Waals surface area contributed by atoms with E-state index in [1.54, 1.807) is 5.01 Å². The minimum absolute atomic E-state index is 0.526. The second-order valence-corrected chi connectivity index (χ2v) is 6.76. The molecule has 1 aromatic heterocycles. The highest BCUT2D eigenvalue weighted by Gasteiger charge is 2.25. The largest absolute Gasteiger partial charge is 0.401 e. The maximum atomic E-state index is 6.30. The van der Waals surface area contributed by atoms with Crippen molar-refractivity contribution in [1.82, 2.24) is 25.6 Å². The van der Waals surface area contributed by atoms with Gasteiger partial charge in [-0.05, 0) is 48.5 Å². The number of hydrogen-bond acceptors (Lipinski definition) is 7. The summed E-state index contributed by atoms with van der Waals surface area (Å²) in [5, 5.41) is 16.7. The van der Waals surface area contributed by atoms with Crippen LogP contribution in [0.1, 0.15) is 12.5 Å². The summed E-state index contributed by atoms with van der Waals surface area (Å²) in [5.41, 5.74) is 11.4. The first kappa shape index (κ1) is 17.3. The van der Waals surface area contributed by atoms with Crippen molar-refractivity contribution < 1.29 is 0 Å². The van der Waals surface area contributed by atoms with Crippen LogP contribution in [0, 0.1) is 0 Å². The van der Waals surface area contributed by atoms with Crippen molar-refractivity contribution in [1.29, 1.82) is 0 Å². The molecule has 0 atom stereocenters. The van der Waals surface area contributed by atoms with Gasteiger partial charge < -0.3 is 15.6 Å². The number of aromatic nitrogens is 4. The summed E-state index contributed by atoms with van der Waals surface area (Å²) >= 11 is 6.07. The Hall–Kier alpha value is -3.10. The highest BCUT2D eigenvalue weighted by Crippen LogP contribution is 2.38. The van der Waals surface area contributed by atoms with Gasteiger partial charge in [0, 0.05) is 34.1 Å². The van der Waals surface area contributed by atoms with E-state index >= 15 is 0 Å². The van der Waals surface area contributed by atoms with Crippen molar-refractivity contribution in [2.24, 2.45) is 11.6 Å². The Balaban J connectivity index is 1.92. The molecule has 2 aromatic carbocycles. The summed E-state index contributed by atoms with van der Waals surface area (Å²) in [6.07, 6.45) is 0. The highest BCUT2D eigenvalue weighted by atomic mass is 35.5. The van der Waals surface area contributed by atoms with E-state index < -0.39 is 0 Å². The number of halogens is 1. The van der Waals surface area contributed by atoms with E-state index in [9.17, 15) is 0 Å². The molecule has 5 N–H and O–H groups in total. The summed E-state index contributed by atoms with van der Waals surface area (Å²) in [5.74, 6) is 6.83. The number of H-pyrrole nitrogens is 1. The minimum atomic E-state index is 0.526. The third-order valence-corrected chi connectivity index (χ3v) is 4.76. The van der Waals surface area contributed by atoms with Crippen molar-refractivity contribution in [2.45, 2.75) is 6.92 Å². The third kappa shape index (κ3) is 3.20. The lowest BCUT2D eigenvalue weighted by Gasteiger charge is -2.25. The standard InChI is InChI=1S/C18H19ClN8/c1-11(20)17-15-7-2-12(18-22-24-25-23-18)10-16(15)26(8-9-27(17)21)14-5-3-13(19)4-6-14/h2-7,10H,8-9,20-21H2,1H3,(H,22,23,24,25)/b17-11-. The molecule has 0 spiro atoms. The highest BCUT2D eigenvalue weighted by molar-refractivity contribution is 6.30. The number of benzene rings is 2. The first-order valence-electron chi connectivity index (χ1n) is 8.44.